The van der Waals surface area contributed by atoms with Crippen molar-refractivity contribution in [3.8, 4) is 0 Å². The van der Waals surface area contributed by atoms with E-state index in [1.165, 1.54) is 51.4 Å². The van der Waals surface area contributed by atoms with E-state index in [0.29, 0.717) is 0 Å². The molecule has 0 nitrogen and oxygen atoms in total. The Bertz CT molecular complexity index is 519. The van der Waals surface area contributed by atoms with Crippen molar-refractivity contribution in [2.24, 2.45) is 0 Å². The van der Waals surface area contributed by atoms with Gasteiger partial charge in [-0.15, -0.1) is 0 Å². The quantitative estimate of drug-likeness (QED) is 0.415. The van der Waals surface area contributed by atoms with E-state index in [2.05, 4.69) is 60.8 Å². The van der Waals surface area contributed by atoms with Gasteiger partial charge in [0.15, 0.2) is 0 Å². The summed E-state index contributed by atoms with van der Waals surface area (Å²) in [4.78, 5) is 0. The largest absolute Gasteiger partial charge is 0.0845 e. The van der Waals surface area contributed by atoms with Crippen LogP contribution in [0.3, 0.4) is 0 Å². The van der Waals surface area contributed by atoms with E-state index in [1.807, 2.05) is 48.6 Å². The Morgan fingerprint density at radius 3 is 0.769 bits per heavy atom. The van der Waals surface area contributed by atoms with Crippen LogP contribution >= 0.6 is 0 Å². The van der Waals surface area contributed by atoms with E-state index in [9.17, 15) is 0 Å². The maximum atomic E-state index is 2.27. The van der Waals surface area contributed by atoms with Gasteiger partial charge >= 0.3 is 0 Å². The zero-order valence-corrected chi connectivity index (χ0v) is 16.0. The summed E-state index contributed by atoms with van der Waals surface area (Å²) in [6, 6.07) is 0. The maximum absolute atomic E-state index is 2.27. The molecule has 138 valence electrons. The summed E-state index contributed by atoms with van der Waals surface area (Å²) in [6.07, 6.45) is 48.0. The van der Waals surface area contributed by atoms with Gasteiger partial charge in [0.25, 0.3) is 0 Å². The molecule has 0 saturated heterocycles. The Labute approximate surface area is 161 Å². The van der Waals surface area contributed by atoms with Crippen LogP contribution in [0.25, 0.3) is 0 Å². The van der Waals surface area contributed by atoms with Crippen molar-refractivity contribution in [2.45, 2.75) is 51.4 Å². The maximum Gasteiger partial charge on any atom is -0.0348 e. The highest BCUT2D eigenvalue weighted by Crippen LogP contribution is 2.09. The molecule has 0 spiro atoms. The van der Waals surface area contributed by atoms with Crippen molar-refractivity contribution < 1.29 is 0 Å². The smallest absolute Gasteiger partial charge is 0.0348 e. The third-order valence-corrected chi connectivity index (χ3v) is 3.93. The van der Waals surface area contributed by atoms with Crippen molar-refractivity contribution in [2.75, 3.05) is 0 Å². The number of rotatable bonds is 0. The summed E-state index contributed by atoms with van der Waals surface area (Å²) in [5.74, 6) is 0. The van der Waals surface area contributed by atoms with E-state index >= 15 is 0 Å². The molecule has 0 saturated carbocycles. The van der Waals surface area contributed by atoms with Crippen molar-refractivity contribution in [1.82, 2.24) is 0 Å². The molecule has 0 aromatic rings. The third-order valence-electron chi connectivity index (χ3n) is 3.93. The van der Waals surface area contributed by atoms with Gasteiger partial charge in [0.05, 0.1) is 0 Å². The van der Waals surface area contributed by atoms with Crippen molar-refractivity contribution in [3.63, 3.8) is 0 Å². The summed E-state index contributed by atoms with van der Waals surface area (Å²) in [6.45, 7) is 0. The Hall–Kier alpha value is -2.34. The first-order chi connectivity index (χ1) is 13.0. The van der Waals surface area contributed by atoms with Crippen LogP contribution < -0.4 is 0 Å². The fourth-order valence-corrected chi connectivity index (χ4v) is 2.48. The molecule has 0 aromatic heterocycles. The van der Waals surface area contributed by atoms with E-state index in [4.69, 9.17) is 0 Å². The van der Waals surface area contributed by atoms with Crippen LogP contribution in [-0.4, -0.2) is 0 Å². The summed E-state index contributed by atoms with van der Waals surface area (Å²) in [7, 11) is 0. The molecule has 0 radical (unpaired) electrons. The predicted octanol–water partition coefficient (Wildman–Crippen LogP) is 8.13. The Balaban J connectivity index is 2.44. The van der Waals surface area contributed by atoms with Gasteiger partial charge in [0, 0.05) is 0 Å². The lowest BCUT2D eigenvalue weighted by Gasteiger charge is -1.99. The summed E-state index contributed by atoms with van der Waals surface area (Å²) in [5, 5.41) is 0. The molecule has 1 aliphatic rings. The SMILES string of the molecule is C1=CCCCCCCCC/C=C/C=C/C=C\C=C\C=C\C=C\C=C/C=C/1. The molecule has 0 amide bonds. The first-order valence-corrected chi connectivity index (χ1v) is 9.98. The van der Waals surface area contributed by atoms with E-state index in [0.717, 1.165) is 0 Å². The topological polar surface area (TPSA) is 0 Å². The molecule has 0 bridgehead atoms. The zero-order valence-electron chi connectivity index (χ0n) is 16.0. The monoisotopic (exact) mass is 346 g/mol. The van der Waals surface area contributed by atoms with Crippen LogP contribution in [0.4, 0.5) is 0 Å². The number of allylic oxidation sites excluding steroid dienone is 18. The van der Waals surface area contributed by atoms with Crippen LogP contribution in [0.2, 0.25) is 0 Å². The van der Waals surface area contributed by atoms with Crippen LogP contribution in [-0.2, 0) is 0 Å². The second-order valence-electron chi connectivity index (χ2n) is 6.25. The minimum atomic E-state index is 1.19. The van der Waals surface area contributed by atoms with Gasteiger partial charge in [-0.1, -0.05) is 135 Å². The van der Waals surface area contributed by atoms with Crippen molar-refractivity contribution >= 4 is 0 Å². The molecule has 0 aliphatic heterocycles. The van der Waals surface area contributed by atoms with Crippen LogP contribution in [0.15, 0.2) is 109 Å². The summed E-state index contributed by atoms with van der Waals surface area (Å²) >= 11 is 0. The van der Waals surface area contributed by atoms with Gasteiger partial charge in [-0.3, -0.25) is 0 Å². The lowest BCUT2D eigenvalue weighted by Crippen LogP contribution is -1.79. The Morgan fingerprint density at radius 2 is 0.462 bits per heavy atom. The van der Waals surface area contributed by atoms with E-state index in [-0.39, 0.29) is 0 Å². The highest BCUT2D eigenvalue weighted by Gasteiger charge is 1.89. The van der Waals surface area contributed by atoms with Gasteiger partial charge in [-0.2, -0.15) is 0 Å². The fraction of sp³-hybridized carbons (Fsp3) is 0.308. The van der Waals surface area contributed by atoms with Crippen LogP contribution in [0, 0.1) is 0 Å². The average Bonchev–Trinajstić information content (AvgIpc) is 2.65. The van der Waals surface area contributed by atoms with Crippen LogP contribution in [0.1, 0.15) is 51.4 Å². The molecule has 0 aromatic carbocycles. The fourth-order valence-electron chi connectivity index (χ4n) is 2.48. The first-order valence-electron chi connectivity index (χ1n) is 9.98. The normalized spacial score (nSPS) is 28.3. The molecule has 1 aliphatic carbocycles. The minimum absolute atomic E-state index is 1.19. The zero-order chi connectivity index (χ0) is 18.4. The van der Waals surface area contributed by atoms with Crippen molar-refractivity contribution in [1.29, 1.82) is 0 Å². The third kappa shape index (κ3) is 16.5. The number of hydrogen-bond acceptors (Lipinski definition) is 0. The molecule has 0 fully saturated rings. The Kier molecular flexibility index (Phi) is 15.9. The second-order valence-corrected chi connectivity index (χ2v) is 6.25. The minimum Gasteiger partial charge on any atom is -0.0845 e. The molecule has 0 atom stereocenters. The molecule has 0 heterocycles. The van der Waals surface area contributed by atoms with Gasteiger partial charge < -0.3 is 0 Å². The summed E-state index contributed by atoms with van der Waals surface area (Å²) < 4.78 is 0. The van der Waals surface area contributed by atoms with Gasteiger partial charge in [-0.05, 0) is 25.7 Å². The molecule has 0 heteroatoms. The molecule has 1 rings (SSSR count). The van der Waals surface area contributed by atoms with Gasteiger partial charge in [0.2, 0.25) is 0 Å². The second kappa shape index (κ2) is 19.0. The van der Waals surface area contributed by atoms with E-state index in [1.54, 1.807) is 0 Å². The molecule has 26 heavy (non-hydrogen) atoms. The predicted molar refractivity (Wildman–Crippen MR) is 119 cm³/mol. The lowest BCUT2D eigenvalue weighted by molar-refractivity contribution is 0.600. The highest BCUT2D eigenvalue weighted by molar-refractivity contribution is 5.21. The number of hydrogen-bond donors (Lipinski definition) is 0. The molecular weight excluding hydrogens is 312 g/mol. The van der Waals surface area contributed by atoms with E-state index < -0.39 is 0 Å². The highest BCUT2D eigenvalue weighted by atomic mass is 14.0. The van der Waals surface area contributed by atoms with Gasteiger partial charge in [0.1, 0.15) is 0 Å². The van der Waals surface area contributed by atoms with Crippen molar-refractivity contribution in [3.05, 3.63) is 109 Å². The standard InChI is InChI=1S/C26H34/c1-2-4-6-8-10-12-14-16-18-20-22-24-26-25-23-21-19-17-15-13-11-9-7-5-3-1/h1-18H,19-26H2/b2-1+,5-3+,6-4+,9-7-,10-8-,13-11+,14-12+,17-15+,18-16?. The molecule has 0 N–H and O–H groups in total. The van der Waals surface area contributed by atoms with Gasteiger partial charge in [-0.25, -0.2) is 0 Å². The lowest BCUT2D eigenvalue weighted by atomic mass is 10.1. The molecular formula is C26H34. The first kappa shape index (κ1) is 21.7. The summed E-state index contributed by atoms with van der Waals surface area (Å²) in [5.41, 5.74) is 0. The Morgan fingerprint density at radius 1 is 0.231 bits per heavy atom. The van der Waals surface area contributed by atoms with Crippen LogP contribution in [0.5, 0.6) is 0 Å². The molecule has 0 unspecified atom stereocenters. The average molecular weight is 347 g/mol.